The molecular weight excluding hydrogens is 420 g/mol. The molecule has 1 aliphatic heterocycles. The number of hydrogen-bond donors (Lipinski definition) is 1. The molecule has 1 saturated heterocycles. The third-order valence-corrected chi connectivity index (χ3v) is 12.0. The van der Waals surface area contributed by atoms with E-state index in [4.69, 9.17) is 4.74 Å². The summed E-state index contributed by atoms with van der Waals surface area (Å²) in [5, 5.41) is 10.3. The van der Waals surface area contributed by atoms with Gasteiger partial charge in [-0.25, -0.2) is 0 Å². The molecule has 3 nitrogen and oxygen atoms in total. The zero-order valence-electron chi connectivity index (χ0n) is 21.7. The van der Waals surface area contributed by atoms with E-state index in [1.165, 1.54) is 24.0 Å². The molecule has 3 saturated carbocycles. The monoisotopic (exact) mass is 464 g/mol. The smallest absolute Gasteiger partial charge is 0.163 e. The van der Waals surface area contributed by atoms with Crippen molar-refractivity contribution in [1.82, 2.24) is 0 Å². The standard InChI is InChI=1S/C31H44O3/c1-6-30-13-7-8-18(2)16-25(30)34-31(20(30)4)15-12-23-24-10-9-21-17-22(32)11-14-29(21,5)27(24)28(33)26(23)19(31)3/h6,9,18,20,22-25,27,32H,1,7-8,10-17H2,2-5H3/t18?,20-,22?,23+,24+,25?,27?,29?,30?,31?/m1/s1. The second-order valence-electron chi connectivity index (χ2n) is 13.2. The molecule has 0 bridgehead atoms. The van der Waals surface area contributed by atoms with Crippen LogP contribution in [0.2, 0.25) is 0 Å². The topological polar surface area (TPSA) is 46.5 Å². The van der Waals surface area contributed by atoms with Crippen molar-refractivity contribution in [2.24, 2.45) is 40.4 Å². The largest absolute Gasteiger partial charge is 0.393 e. The molecule has 0 aromatic carbocycles. The Kier molecular flexibility index (Phi) is 5.23. The summed E-state index contributed by atoms with van der Waals surface area (Å²) in [6.07, 6.45) is 15.0. The number of carbonyl (C=O) groups excluding carboxylic acids is 1. The van der Waals surface area contributed by atoms with Gasteiger partial charge in [0, 0.05) is 22.8 Å². The summed E-state index contributed by atoms with van der Waals surface area (Å²) in [6, 6.07) is 0. The number of ether oxygens (including phenoxy) is 1. The van der Waals surface area contributed by atoms with E-state index in [0.29, 0.717) is 29.5 Å². The van der Waals surface area contributed by atoms with Crippen molar-refractivity contribution in [3.8, 4) is 0 Å². The maximum Gasteiger partial charge on any atom is 0.163 e. The molecule has 1 spiro atoms. The SMILES string of the molecule is C=CC12CCCC(C)CC1OC1(CC[C@@H]3C(=C1C)C(=O)C1[C@H]3CC=C3CC(O)CCC31C)[C@@H]2C. The van der Waals surface area contributed by atoms with E-state index in [1.54, 1.807) is 0 Å². The van der Waals surface area contributed by atoms with Crippen LogP contribution >= 0.6 is 0 Å². The lowest BCUT2D eigenvalue weighted by Gasteiger charge is -2.48. The fourth-order valence-electron chi connectivity index (χ4n) is 9.99. The summed E-state index contributed by atoms with van der Waals surface area (Å²) in [7, 11) is 0. The quantitative estimate of drug-likeness (QED) is 0.447. The van der Waals surface area contributed by atoms with Gasteiger partial charge in [-0.2, -0.15) is 0 Å². The Balaban J connectivity index is 1.41. The second-order valence-corrected chi connectivity index (χ2v) is 13.2. The molecule has 0 aromatic heterocycles. The van der Waals surface area contributed by atoms with Gasteiger partial charge in [-0.3, -0.25) is 4.79 Å². The molecule has 6 aliphatic rings. The molecule has 1 heterocycles. The molecule has 4 fully saturated rings. The van der Waals surface area contributed by atoms with Gasteiger partial charge in [0.25, 0.3) is 0 Å². The zero-order valence-corrected chi connectivity index (χ0v) is 21.7. The van der Waals surface area contributed by atoms with Gasteiger partial charge in [-0.1, -0.05) is 51.3 Å². The van der Waals surface area contributed by atoms with Gasteiger partial charge in [-0.15, -0.1) is 6.58 Å². The predicted molar refractivity (Wildman–Crippen MR) is 135 cm³/mol. The molecule has 5 aliphatic carbocycles. The summed E-state index contributed by atoms with van der Waals surface area (Å²) in [5.74, 6) is 2.34. The number of allylic oxidation sites excluding steroid dienone is 2. The van der Waals surface area contributed by atoms with Gasteiger partial charge < -0.3 is 9.84 Å². The third-order valence-electron chi connectivity index (χ3n) is 12.0. The van der Waals surface area contributed by atoms with E-state index < -0.39 is 0 Å². The molecule has 0 aromatic rings. The lowest BCUT2D eigenvalue weighted by molar-refractivity contribution is -0.123. The Morgan fingerprint density at radius 1 is 1.18 bits per heavy atom. The van der Waals surface area contributed by atoms with Crippen molar-refractivity contribution < 1.29 is 14.6 Å². The summed E-state index contributed by atoms with van der Waals surface area (Å²) in [4.78, 5) is 14.3. The van der Waals surface area contributed by atoms with Gasteiger partial charge >= 0.3 is 0 Å². The Bertz CT molecular complexity index is 975. The number of hydrogen-bond acceptors (Lipinski definition) is 3. The molecule has 0 amide bonds. The molecule has 7 unspecified atom stereocenters. The first-order chi connectivity index (χ1) is 16.2. The Morgan fingerprint density at radius 3 is 2.74 bits per heavy atom. The molecule has 6 rings (SSSR count). The highest BCUT2D eigenvalue weighted by molar-refractivity contribution is 6.02. The number of carbonyl (C=O) groups is 1. The van der Waals surface area contributed by atoms with E-state index >= 15 is 0 Å². The highest BCUT2D eigenvalue weighted by Gasteiger charge is 2.65. The number of aliphatic hydroxyl groups is 1. The van der Waals surface area contributed by atoms with Crippen LogP contribution < -0.4 is 0 Å². The Morgan fingerprint density at radius 2 is 1.97 bits per heavy atom. The number of ketones is 1. The number of rotatable bonds is 1. The third kappa shape index (κ3) is 2.80. The van der Waals surface area contributed by atoms with Crippen molar-refractivity contribution in [3.63, 3.8) is 0 Å². The predicted octanol–water partition coefficient (Wildman–Crippen LogP) is 6.57. The summed E-state index contributed by atoms with van der Waals surface area (Å²) in [6.45, 7) is 13.7. The van der Waals surface area contributed by atoms with Gasteiger partial charge in [-0.05, 0) is 87.0 Å². The maximum absolute atomic E-state index is 14.3. The van der Waals surface area contributed by atoms with Crippen molar-refractivity contribution in [2.75, 3.05) is 0 Å². The molecular formula is C31H44O3. The zero-order chi connectivity index (χ0) is 24.0. The van der Waals surface area contributed by atoms with E-state index in [1.807, 2.05) is 0 Å². The molecule has 10 atom stereocenters. The highest BCUT2D eigenvalue weighted by atomic mass is 16.5. The first-order valence-corrected chi connectivity index (χ1v) is 14.1. The van der Waals surface area contributed by atoms with Crippen LogP contribution in [0.3, 0.4) is 0 Å². The normalized spacial score (nSPS) is 52.4. The molecule has 3 heteroatoms. The molecule has 186 valence electrons. The van der Waals surface area contributed by atoms with Crippen LogP contribution in [0.4, 0.5) is 0 Å². The minimum atomic E-state index is -0.315. The molecule has 0 radical (unpaired) electrons. The van der Waals surface area contributed by atoms with Crippen LogP contribution in [-0.4, -0.2) is 28.7 Å². The van der Waals surface area contributed by atoms with Crippen molar-refractivity contribution in [2.45, 2.75) is 110 Å². The lowest BCUT2D eigenvalue weighted by atomic mass is 9.56. The lowest BCUT2D eigenvalue weighted by Crippen LogP contribution is -2.44. The number of fused-ring (bicyclic) bond motifs is 6. The van der Waals surface area contributed by atoms with Gasteiger partial charge in [0.15, 0.2) is 5.78 Å². The van der Waals surface area contributed by atoms with Crippen molar-refractivity contribution in [3.05, 3.63) is 35.5 Å². The van der Waals surface area contributed by atoms with Gasteiger partial charge in [0.2, 0.25) is 0 Å². The fourth-order valence-corrected chi connectivity index (χ4v) is 9.99. The van der Waals surface area contributed by atoms with Crippen LogP contribution in [0.25, 0.3) is 0 Å². The average Bonchev–Trinajstić information content (AvgIpc) is 3.15. The van der Waals surface area contributed by atoms with Gasteiger partial charge in [0.1, 0.15) is 0 Å². The summed E-state index contributed by atoms with van der Waals surface area (Å²) < 4.78 is 7.19. The minimum Gasteiger partial charge on any atom is -0.393 e. The number of Topliss-reactive ketones (excluding diaryl/α,β-unsaturated/α-hetero) is 1. The van der Waals surface area contributed by atoms with Crippen LogP contribution in [-0.2, 0) is 9.53 Å². The van der Waals surface area contributed by atoms with E-state index in [0.717, 1.165) is 56.9 Å². The molecule has 1 N–H and O–H groups in total. The number of aliphatic hydroxyl groups excluding tert-OH is 1. The van der Waals surface area contributed by atoms with E-state index in [9.17, 15) is 9.90 Å². The first-order valence-electron chi connectivity index (χ1n) is 14.1. The average molecular weight is 465 g/mol. The van der Waals surface area contributed by atoms with Crippen LogP contribution in [0.1, 0.15) is 91.9 Å². The van der Waals surface area contributed by atoms with Crippen LogP contribution in [0, 0.1) is 40.4 Å². The fraction of sp³-hybridized carbons (Fsp3) is 0.774. The second kappa shape index (κ2) is 7.65. The Hall–Kier alpha value is -1.19. The van der Waals surface area contributed by atoms with E-state index in [-0.39, 0.29) is 34.6 Å². The van der Waals surface area contributed by atoms with Crippen LogP contribution in [0.5, 0.6) is 0 Å². The first kappa shape index (κ1) is 23.2. The highest BCUT2D eigenvalue weighted by Crippen LogP contribution is 2.66. The van der Waals surface area contributed by atoms with Gasteiger partial charge in [0.05, 0.1) is 17.8 Å². The van der Waals surface area contributed by atoms with Crippen molar-refractivity contribution in [1.29, 1.82) is 0 Å². The maximum atomic E-state index is 14.3. The van der Waals surface area contributed by atoms with Crippen molar-refractivity contribution >= 4 is 5.78 Å². The van der Waals surface area contributed by atoms with Crippen LogP contribution in [0.15, 0.2) is 35.5 Å². The molecule has 34 heavy (non-hydrogen) atoms. The summed E-state index contributed by atoms with van der Waals surface area (Å²) >= 11 is 0. The summed E-state index contributed by atoms with van der Waals surface area (Å²) in [5.41, 5.74) is 3.37. The minimum absolute atomic E-state index is 0.0219. The Labute approximate surface area is 206 Å². The van der Waals surface area contributed by atoms with E-state index in [2.05, 4.69) is 46.4 Å².